The van der Waals surface area contributed by atoms with Gasteiger partial charge in [0.15, 0.2) is 0 Å². The first-order chi connectivity index (χ1) is 8.80. The maximum atomic E-state index is 9.57. The Morgan fingerprint density at radius 2 is 1.20 bits per heavy atom. The molecule has 0 spiro atoms. The molecule has 0 aromatic carbocycles. The first-order valence-corrected chi connectivity index (χ1v) is 7.31. The van der Waals surface area contributed by atoms with Crippen molar-refractivity contribution in [3.8, 4) is 0 Å². The van der Waals surface area contributed by atoms with E-state index in [0.717, 1.165) is 0 Å². The normalized spacial score (nSPS) is 10.7. The topological polar surface area (TPSA) is 99.2 Å². The first kappa shape index (κ1) is 27.6. The lowest BCUT2D eigenvalue weighted by Crippen LogP contribution is -3.08. The van der Waals surface area contributed by atoms with Gasteiger partial charge in [-0.25, -0.2) is 0 Å². The number of hydrogen-bond donors (Lipinski definition) is 3. The molecule has 0 saturated carbocycles. The molecule has 1 unspecified atom stereocenters. The maximum Gasteiger partial charge on any atom is 0.0931 e. The lowest BCUT2D eigenvalue weighted by atomic mass is 10.3. The number of carbonyl (C=O) groups is 1. The fraction of sp³-hybridized carbons (Fsp3) is 0.929. The molecule has 0 aromatic heterocycles. The van der Waals surface area contributed by atoms with E-state index in [9.17, 15) is 9.90 Å². The molecule has 0 fully saturated rings. The third kappa shape index (κ3) is 26.0. The van der Waals surface area contributed by atoms with Crippen molar-refractivity contribution in [1.82, 2.24) is 0 Å². The second kappa shape index (κ2) is 20.6. The van der Waals surface area contributed by atoms with E-state index in [0.29, 0.717) is 0 Å². The molecule has 0 aromatic rings. The van der Waals surface area contributed by atoms with Crippen molar-refractivity contribution in [3.05, 3.63) is 0 Å². The van der Waals surface area contributed by atoms with Gasteiger partial charge in [0.2, 0.25) is 0 Å². The van der Waals surface area contributed by atoms with Crippen LogP contribution in [0.4, 0.5) is 0 Å². The van der Waals surface area contributed by atoms with Gasteiger partial charge in [0.1, 0.15) is 0 Å². The van der Waals surface area contributed by atoms with Crippen LogP contribution < -0.4 is 14.9 Å². The summed E-state index contributed by atoms with van der Waals surface area (Å²) in [5.74, 6) is -1.40. The average Bonchev–Trinajstić information content (AvgIpc) is 2.45. The van der Waals surface area contributed by atoms with Gasteiger partial charge < -0.3 is 30.3 Å². The van der Waals surface area contributed by atoms with Crippen LogP contribution in [0.15, 0.2) is 0 Å². The minimum atomic E-state index is -1.40. The number of carbonyl (C=O) groups excluding carboxylic acids is 1. The zero-order chi connectivity index (χ0) is 15.8. The largest absolute Gasteiger partial charge is 0.870 e. The zero-order valence-electron chi connectivity index (χ0n) is 14.3. The van der Waals surface area contributed by atoms with Crippen molar-refractivity contribution in [2.45, 2.75) is 47.1 Å². The molecule has 0 aliphatic carbocycles. The fourth-order valence-electron chi connectivity index (χ4n) is 0.667. The van der Waals surface area contributed by atoms with E-state index in [1.807, 2.05) is 0 Å². The highest BCUT2D eigenvalue weighted by atomic mass is 16.4. The smallest absolute Gasteiger partial charge is 0.0931 e. The van der Waals surface area contributed by atoms with Crippen molar-refractivity contribution in [2.24, 2.45) is 0 Å². The minimum absolute atomic E-state index is 0. The van der Waals surface area contributed by atoms with E-state index in [4.69, 9.17) is 5.11 Å². The summed E-state index contributed by atoms with van der Waals surface area (Å²) in [6.07, 6.45) is -1.08. The molecule has 0 amide bonds. The number of aliphatic hydroxyl groups excluding tert-OH is 1. The molecule has 0 aliphatic rings. The van der Waals surface area contributed by atoms with Crippen LogP contribution in [-0.2, 0) is 4.79 Å². The van der Waals surface area contributed by atoms with Gasteiger partial charge in [-0.15, -0.1) is 0 Å². The Kier molecular flexibility index (Phi) is 28.5. The number of nitrogens with one attached hydrogen (secondary N) is 2. The van der Waals surface area contributed by atoms with E-state index in [1.54, 1.807) is 16.7 Å². The van der Waals surface area contributed by atoms with E-state index in [2.05, 4.69) is 41.8 Å². The highest BCUT2D eigenvalue weighted by molar-refractivity contribution is 5.69. The molecular formula is C14H36N2O4. The van der Waals surface area contributed by atoms with Gasteiger partial charge >= 0.3 is 0 Å². The summed E-state index contributed by atoms with van der Waals surface area (Å²) in [5.41, 5.74) is 0. The van der Waals surface area contributed by atoms with Crippen LogP contribution in [0.2, 0.25) is 0 Å². The molecule has 0 heterocycles. The van der Waals surface area contributed by atoms with Gasteiger partial charge in [0, 0.05) is 0 Å². The number of rotatable bonds is 6. The Morgan fingerprint density at radius 1 is 0.950 bits per heavy atom. The summed E-state index contributed by atoms with van der Waals surface area (Å²) in [7, 11) is 4.39. The van der Waals surface area contributed by atoms with Gasteiger partial charge in [0.05, 0.1) is 52.3 Å². The number of quaternary nitrogens is 2. The molecule has 1 atom stereocenters. The average molecular weight is 296 g/mol. The molecule has 0 saturated heterocycles. The Bertz CT molecular complexity index is 174. The van der Waals surface area contributed by atoms with E-state index < -0.39 is 12.1 Å². The molecule has 0 aliphatic heterocycles. The van der Waals surface area contributed by atoms with Crippen molar-refractivity contribution in [1.29, 1.82) is 0 Å². The van der Waals surface area contributed by atoms with Crippen LogP contribution in [0, 0.1) is 0 Å². The molecule has 20 heavy (non-hydrogen) atoms. The molecule has 0 radical (unpaired) electrons. The monoisotopic (exact) mass is 296 g/mol. The number of aliphatic carboxylic acids is 1. The van der Waals surface area contributed by atoms with Crippen molar-refractivity contribution in [2.75, 3.05) is 40.3 Å². The predicted molar refractivity (Wildman–Crippen MR) is 79.2 cm³/mol. The van der Waals surface area contributed by atoms with Crippen LogP contribution in [-0.4, -0.2) is 62.9 Å². The first-order valence-electron chi connectivity index (χ1n) is 7.31. The van der Waals surface area contributed by atoms with Crippen molar-refractivity contribution >= 4 is 5.97 Å². The third-order valence-electron chi connectivity index (χ3n) is 3.07. The molecule has 0 rings (SSSR count). The van der Waals surface area contributed by atoms with E-state index in [1.165, 1.54) is 26.2 Å². The Labute approximate surface area is 124 Å². The number of carboxylic acid groups (broad SMARTS) is 1. The summed E-state index contributed by atoms with van der Waals surface area (Å²) in [4.78, 5) is 12.8. The Morgan fingerprint density at radius 3 is 1.20 bits per heavy atom. The summed E-state index contributed by atoms with van der Waals surface area (Å²) in [5, 5.41) is 17.8. The lowest BCUT2D eigenvalue weighted by Gasteiger charge is -2.05. The van der Waals surface area contributed by atoms with E-state index in [-0.39, 0.29) is 11.9 Å². The molecular weight excluding hydrogens is 260 g/mol. The number of aliphatic hydroxyl groups is 1. The second-order valence-electron chi connectivity index (χ2n) is 4.57. The van der Waals surface area contributed by atoms with Crippen LogP contribution in [0.5, 0.6) is 0 Å². The van der Waals surface area contributed by atoms with Gasteiger partial charge in [-0.3, -0.25) is 0 Å². The second-order valence-corrected chi connectivity index (χ2v) is 4.57. The molecule has 126 valence electrons. The van der Waals surface area contributed by atoms with Crippen molar-refractivity contribution in [3.63, 3.8) is 0 Å². The lowest BCUT2D eigenvalue weighted by molar-refractivity contribution is -0.875. The van der Waals surface area contributed by atoms with Crippen LogP contribution >= 0.6 is 0 Å². The van der Waals surface area contributed by atoms with Crippen LogP contribution in [0.25, 0.3) is 0 Å². The quantitative estimate of drug-likeness (QED) is 0.501. The van der Waals surface area contributed by atoms with Gasteiger partial charge in [-0.1, -0.05) is 6.92 Å². The summed E-state index contributed by atoms with van der Waals surface area (Å²) >= 11 is 0. The molecule has 0 bridgehead atoms. The number of carboxylic acids is 1. The highest BCUT2D eigenvalue weighted by Crippen LogP contribution is 1.83. The summed E-state index contributed by atoms with van der Waals surface area (Å²) in [6.45, 7) is 15.3. The van der Waals surface area contributed by atoms with Gasteiger partial charge in [0.25, 0.3) is 0 Å². The molecule has 6 nitrogen and oxygen atoms in total. The van der Waals surface area contributed by atoms with Crippen molar-refractivity contribution < 1.29 is 30.3 Å². The Hall–Kier alpha value is -0.690. The minimum Gasteiger partial charge on any atom is -0.870 e. The molecule has 6 heteroatoms. The summed E-state index contributed by atoms with van der Waals surface area (Å²) in [6, 6.07) is 0. The summed E-state index contributed by atoms with van der Waals surface area (Å²) < 4.78 is 0. The maximum absolute atomic E-state index is 9.57. The van der Waals surface area contributed by atoms with Gasteiger partial charge in [-0.2, -0.15) is 0 Å². The predicted octanol–water partition coefficient (Wildman–Crippen LogP) is -2.59. The number of hydrogen-bond acceptors (Lipinski definition) is 4. The Balaban J connectivity index is -0.0000000941. The molecule has 4 N–H and O–H groups in total. The standard InChI is InChI=1S/2C5H13N.C4H8O3.H2O/c2*1-4-6(3)5-2;1-2-3(5)4(6)7;/h2*4-5H2,1-3H3;3,5H,2H2,1H3,(H,6,7);1H2. The van der Waals surface area contributed by atoms with Crippen LogP contribution in [0.3, 0.4) is 0 Å². The third-order valence-corrected chi connectivity index (χ3v) is 3.07. The SMILES string of the molecule is CCC(O)C(=O)[O-].CC[NH+](C)CC.CC[NH+](C)CC.[OH-]. The fourth-order valence-corrected chi connectivity index (χ4v) is 0.667. The zero-order valence-corrected chi connectivity index (χ0v) is 14.3. The highest BCUT2D eigenvalue weighted by Gasteiger charge is 1.96. The van der Waals surface area contributed by atoms with Gasteiger partial charge in [-0.05, 0) is 34.1 Å². The van der Waals surface area contributed by atoms with E-state index >= 15 is 0 Å². The van der Waals surface area contributed by atoms with Crippen LogP contribution in [0.1, 0.15) is 41.0 Å².